The number of rotatable bonds is 3. The summed E-state index contributed by atoms with van der Waals surface area (Å²) in [6.07, 6.45) is 1.41. The van der Waals surface area contributed by atoms with E-state index in [1.807, 2.05) is 6.07 Å². The first-order valence-corrected chi connectivity index (χ1v) is 6.03. The Hall–Kier alpha value is -2.58. The smallest absolute Gasteiger partial charge is 0.255 e. The molecule has 0 fully saturated rings. The molecule has 0 bridgehead atoms. The molecule has 0 aliphatic rings. The van der Waals surface area contributed by atoms with Crippen LogP contribution in [0.2, 0.25) is 5.02 Å². The SMILES string of the molecule is COc1ccc(Cl)cc1NC(=O)c1ccnc(C#N)c1. The fourth-order valence-corrected chi connectivity index (χ4v) is 1.78. The Kier molecular flexibility index (Phi) is 4.18. The Morgan fingerprint density at radius 2 is 2.20 bits per heavy atom. The molecule has 0 saturated heterocycles. The number of pyridine rings is 1. The summed E-state index contributed by atoms with van der Waals surface area (Å²) in [5.74, 6) is 0.127. The van der Waals surface area contributed by atoms with Gasteiger partial charge in [0.2, 0.25) is 0 Å². The van der Waals surface area contributed by atoms with Gasteiger partial charge in [-0.05, 0) is 30.3 Å². The Bertz CT molecular complexity index is 695. The zero-order valence-corrected chi connectivity index (χ0v) is 11.3. The number of carbonyl (C=O) groups excluding carboxylic acids is 1. The van der Waals surface area contributed by atoms with Gasteiger partial charge in [-0.15, -0.1) is 0 Å². The molecule has 1 N–H and O–H groups in total. The maximum Gasteiger partial charge on any atom is 0.255 e. The molecule has 1 aromatic carbocycles. The lowest BCUT2D eigenvalue weighted by atomic mass is 10.2. The van der Waals surface area contributed by atoms with Crippen LogP contribution < -0.4 is 10.1 Å². The van der Waals surface area contributed by atoms with E-state index in [2.05, 4.69) is 10.3 Å². The molecule has 0 spiro atoms. The Morgan fingerprint density at radius 1 is 1.40 bits per heavy atom. The number of methoxy groups -OCH3 is 1. The monoisotopic (exact) mass is 287 g/mol. The number of nitrogens with one attached hydrogen (secondary N) is 1. The van der Waals surface area contributed by atoms with Crippen LogP contribution in [-0.4, -0.2) is 18.0 Å². The fourth-order valence-electron chi connectivity index (χ4n) is 1.61. The van der Waals surface area contributed by atoms with Crippen LogP contribution in [0.4, 0.5) is 5.69 Å². The maximum atomic E-state index is 12.1. The van der Waals surface area contributed by atoms with Crippen molar-refractivity contribution < 1.29 is 9.53 Å². The summed E-state index contributed by atoms with van der Waals surface area (Å²) in [4.78, 5) is 15.9. The van der Waals surface area contributed by atoms with Gasteiger partial charge in [-0.1, -0.05) is 11.6 Å². The Balaban J connectivity index is 2.27. The third kappa shape index (κ3) is 3.05. The highest BCUT2D eigenvalue weighted by molar-refractivity contribution is 6.31. The van der Waals surface area contributed by atoms with Crippen molar-refractivity contribution in [3.63, 3.8) is 0 Å². The molecule has 100 valence electrons. The van der Waals surface area contributed by atoms with Crippen LogP contribution in [0.1, 0.15) is 16.1 Å². The van der Waals surface area contributed by atoms with Crippen molar-refractivity contribution in [2.45, 2.75) is 0 Å². The predicted molar refractivity (Wildman–Crippen MR) is 74.9 cm³/mol. The van der Waals surface area contributed by atoms with Crippen LogP contribution >= 0.6 is 11.6 Å². The molecule has 0 aliphatic heterocycles. The molecule has 0 radical (unpaired) electrons. The molecule has 1 heterocycles. The van der Waals surface area contributed by atoms with E-state index in [9.17, 15) is 4.79 Å². The van der Waals surface area contributed by atoms with Gasteiger partial charge in [0.25, 0.3) is 5.91 Å². The van der Waals surface area contributed by atoms with Crippen molar-refractivity contribution in [2.75, 3.05) is 12.4 Å². The summed E-state index contributed by atoms with van der Waals surface area (Å²) in [5.41, 5.74) is 0.967. The number of hydrogen-bond donors (Lipinski definition) is 1. The van der Waals surface area contributed by atoms with Gasteiger partial charge in [0.05, 0.1) is 12.8 Å². The van der Waals surface area contributed by atoms with E-state index >= 15 is 0 Å². The minimum Gasteiger partial charge on any atom is -0.495 e. The van der Waals surface area contributed by atoms with Crippen LogP contribution in [0.3, 0.4) is 0 Å². The first-order valence-electron chi connectivity index (χ1n) is 5.65. The molecule has 5 nitrogen and oxygen atoms in total. The van der Waals surface area contributed by atoms with Crippen LogP contribution in [-0.2, 0) is 0 Å². The lowest BCUT2D eigenvalue weighted by Gasteiger charge is -2.10. The topological polar surface area (TPSA) is 75.0 Å². The summed E-state index contributed by atoms with van der Waals surface area (Å²) in [6.45, 7) is 0. The highest BCUT2D eigenvalue weighted by Gasteiger charge is 2.11. The van der Waals surface area contributed by atoms with Gasteiger partial charge in [-0.2, -0.15) is 5.26 Å². The van der Waals surface area contributed by atoms with Crippen LogP contribution in [0.25, 0.3) is 0 Å². The summed E-state index contributed by atoms with van der Waals surface area (Å²) < 4.78 is 5.14. The number of aromatic nitrogens is 1. The lowest BCUT2D eigenvalue weighted by molar-refractivity contribution is 0.102. The Morgan fingerprint density at radius 3 is 2.90 bits per heavy atom. The van der Waals surface area contributed by atoms with Crippen molar-refractivity contribution >= 4 is 23.2 Å². The van der Waals surface area contributed by atoms with E-state index in [1.54, 1.807) is 18.2 Å². The third-order valence-corrected chi connectivity index (χ3v) is 2.78. The zero-order valence-electron chi connectivity index (χ0n) is 10.6. The molecule has 0 aliphatic carbocycles. The molecular weight excluding hydrogens is 278 g/mol. The number of hydrogen-bond acceptors (Lipinski definition) is 4. The molecule has 0 saturated carbocycles. The molecule has 0 unspecified atom stereocenters. The lowest BCUT2D eigenvalue weighted by Crippen LogP contribution is -2.13. The normalized spacial score (nSPS) is 9.65. The number of nitriles is 1. The van der Waals surface area contributed by atoms with Gasteiger partial charge in [-0.25, -0.2) is 4.98 Å². The second-order valence-electron chi connectivity index (χ2n) is 3.84. The van der Waals surface area contributed by atoms with E-state index in [0.29, 0.717) is 22.0 Å². The van der Waals surface area contributed by atoms with E-state index in [-0.39, 0.29) is 11.6 Å². The second-order valence-corrected chi connectivity index (χ2v) is 4.28. The maximum absolute atomic E-state index is 12.1. The molecular formula is C14H10ClN3O2. The minimum atomic E-state index is -0.371. The summed E-state index contributed by atoms with van der Waals surface area (Å²) in [7, 11) is 1.50. The predicted octanol–water partition coefficient (Wildman–Crippen LogP) is 2.87. The highest BCUT2D eigenvalue weighted by atomic mass is 35.5. The number of benzene rings is 1. The average molecular weight is 288 g/mol. The number of carbonyl (C=O) groups is 1. The number of ether oxygens (including phenoxy) is 1. The molecule has 0 atom stereocenters. The molecule has 2 aromatic rings. The standard InChI is InChI=1S/C14H10ClN3O2/c1-20-13-3-2-10(15)7-12(13)18-14(19)9-4-5-17-11(6-9)8-16/h2-7H,1H3,(H,18,19). The molecule has 1 amide bonds. The molecule has 6 heteroatoms. The number of halogens is 1. The summed E-state index contributed by atoms with van der Waals surface area (Å²) in [5, 5.41) is 11.9. The van der Waals surface area contributed by atoms with Crippen molar-refractivity contribution in [3.8, 4) is 11.8 Å². The fraction of sp³-hybridized carbons (Fsp3) is 0.0714. The van der Waals surface area contributed by atoms with Crippen molar-refractivity contribution in [2.24, 2.45) is 0 Å². The van der Waals surface area contributed by atoms with Gasteiger partial charge in [0, 0.05) is 16.8 Å². The first kappa shape index (κ1) is 13.8. The van der Waals surface area contributed by atoms with Gasteiger partial charge in [0.1, 0.15) is 17.5 Å². The van der Waals surface area contributed by atoms with Gasteiger partial charge in [-0.3, -0.25) is 4.79 Å². The average Bonchev–Trinajstić information content (AvgIpc) is 2.47. The van der Waals surface area contributed by atoms with Crippen molar-refractivity contribution in [1.82, 2.24) is 4.98 Å². The summed E-state index contributed by atoms with van der Waals surface area (Å²) >= 11 is 5.89. The zero-order chi connectivity index (χ0) is 14.5. The molecule has 2 rings (SSSR count). The first-order chi connectivity index (χ1) is 9.63. The van der Waals surface area contributed by atoms with Crippen molar-refractivity contribution in [3.05, 3.63) is 52.8 Å². The van der Waals surface area contributed by atoms with E-state index in [1.165, 1.54) is 25.4 Å². The second kappa shape index (κ2) is 6.04. The van der Waals surface area contributed by atoms with E-state index < -0.39 is 0 Å². The number of amides is 1. The Labute approximate surface area is 120 Å². The quantitative estimate of drug-likeness (QED) is 0.942. The third-order valence-electron chi connectivity index (χ3n) is 2.55. The highest BCUT2D eigenvalue weighted by Crippen LogP contribution is 2.28. The van der Waals surface area contributed by atoms with Gasteiger partial charge in [0.15, 0.2) is 0 Å². The molecule has 1 aromatic heterocycles. The summed E-state index contributed by atoms with van der Waals surface area (Å²) in [6, 6.07) is 9.72. The largest absolute Gasteiger partial charge is 0.495 e. The van der Waals surface area contributed by atoms with Crippen molar-refractivity contribution in [1.29, 1.82) is 5.26 Å². The number of anilines is 1. The van der Waals surface area contributed by atoms with Crippen LogP contribution in [0.5, 0.6) is 5.75 Å². The van der Waals surface area contributed by atoms with Crippen LogP contribution in [0, 0.1) is 11.3 Å². The molecule has 20 heavy (non-hydrogen) atoms. The van der Waals surface area contributed by atoms with Gasteiger partial charge >= 0.3 is 0 Å². The number of nitrogens with zero attached hydrogens (tertiary/aromatic N) is 2. The minimum absolute atomic E-state index is 0.177. The van der Waals surface area contributed by atoms with Gasteiger partial charge < -0.3 is 10.1 Å². The van der Waals surface area contributed by atoms with Crippen LogP contribution in [0.15, 0.2) is 36.5 Å². The van der Waals surface area contributed by atoms with E-state index in [4.69, 9.17) is 21.6 Å². The van der Waals surface area contributed by atoms with E-state index in [0.717, 1.165) is 0 Å².